The van der Waals surface area contributed by atoms with Crippen LogP contribution in [0.1, 0.15) is 30.4 Å². The van der Waals surface area contributed by atoms with Gasteiger partial charge in [0.05, 0.1) is 11.0 Å². The molecule has 1 aromatic carbocycles. The summed E-state index contributed by atoms with van der Waals surface area (Å²) in [5.74, 6) is -0.448. The highest BCUT2D eigenvalue weighted by molar-refractivity contribution is 7.89. The number of hydrogen-bond acceptors (Lipinski definition) is 4. The van der Waals surface area contributed by atoms with Crippen LogP contribution < -0.4 is 10.5 Å². The summed E-state index contributed by atoms with van der Waals surface area (Å²) in [5, 5.41) is 0. The summed E-state index contributed by atoms with van der Waals surface area (Å²) in [6.45, 7) is 2.54. The van der Waals surface area contributed by atoms with Crippen molar-refractivity contribution in [1.29, 1.82) is 0 Å². The summed E-state index contributed by atoms with van der Waals surface area (Å²) >= 11 is 0. The largest absolute Gasteiger partial charge is 0.378 e. The Kier molecular flexibility index (Phi) is 5.32. The van der Waals surface area contributed by atoms with Crippen molar-refractivity contribution in [3.8, 4) is 0 Å². The summed E-state index contributed by atoms with van der Waals surface area (Å²) in [6, 6.07) is 2.61. The molecule has 0 aliphatic carbocycles. The predicted molar refractivity (Wildman–Crippen MR) is 77.8 cm³/mol. The SMILES string of the molecule is Cc1cc(S(=O)(=O)NCCC2CCCO2)cc(CN)c1F. The third-order valence-corrected chi connectivity index (χ3v) is 5.06. The molecule has 1 heterocycles. The van der Waals surface area contributed by atoms with Crippen molar-refractivity contribution < 1.29 is 17.5 Å². The Morgan fingerprint density at radius 2 is 2.24 bits per heavy atom. The zero-order valence-electron chi connectivity index (χ0n) is 12.1. The van der Waals surface area contributed by atoms with E-state index in [1.807, 2.05) is 0 Å². The van der Waals surface area contributed by atoms with Gasteiger partial charge in [-0.25, -0.2) is 17.5 Å². The Hall–Kier alpha value is -1.02. The van der Waals surface area contributed by atoms with E-state index in [0.29, 0.717) is 13.0 Å². The van der Waals surface area contributed by atoms with Crippen LogP contribution in [0.15, 0.2) is 17.0 Å². The Balaban J connectivity index is 2.06. The van der Waals surface area contributed by atoms with Gasteiger partial charge in [0.15, 0.2) is 0 Å². The van der Waals surface area contributed by atoms with Crippen LogP contribution in [0.3, 0.4) is 0 Å². The normalized spacial score (nSPS) is 19.1. The quantitative estimate of drug-likeness (QED) is 0.832. The molecule has 3 N–H and O–H groups in total. The van der Waals surface area contributed by atoms with Crippen LogP contribution in [0.5, 0.6) is 0 Å². The second kappa shape index (κ2) is 6.83. The lowest BCUT2D eigenvalue weighted by Crippen LogP contribution is -2.27. The molecule has 0 bridgehead atoms. The number of nitrogens with one attached hydrogen (secondary N) is 1. The number of sulfonamides is 1. The van der Waals surface area contributed by atoms with E-state index >= 15 is 0 Å². The van der Waals surface area contributed by atoms with Crippen LogP contribution in [-0.2, 0) is 21.3 Å². The van der Waals surface area contributed by atoms with Gasteiger partial charge in [-0.05, 0) is 43.9 Å². The van der Waals surface area contributed by atoms with Crippen molar-refractivity contribution in [2.24, 2.45) is 5.73 Å². The molecule has 21 heavy (non-hydrogen) atoms. The van der Waals surface area contributed by atoms with E-state index in [0.717, 1.165) is 19.4 Å². The Bertz CT molecular complexity index is 598. The lowest BCUT2D eigenvalue weighted by Gasteiger charge is -2.12. The average molecular weight is 316 g/mol. The lowest BCUT2D eigenvalue weighted by molar-refractivity contribution is 0.105. The van der Waals surface area contributed by atoms with E-state index in [2.05, 4.69) is 4.72 Å². The number of ether oxygens (including phenoxy) is 1. The van der Waals surface area contributed by atoms with Crippen LogP contribution in [0.25, 0.3) is 0 Å². The molecule has 118 valence electrons. The number of hydrogen-bond donors (Lipinski definition) is 2. The van der Waals surface area contributed by atoms with Crippen LogP contribution in [0, 0.1) is 12.7 Å². The summed E-state index contributed by atoms with van der Waals surface area (Å²) < 4.78 is 46.1. The summed E-state index contributed by atoms with van der Waals surface area (Å²) in [6.07, 6.45) is 2.76. The smallest absolute Gasteiger partial charge is 0.240 e. The van der Waals surface area contributed by atoms with Gasteiger partial charge >= 0.3 is 0 Å². The van der Waals surface area contributed by atoms with Crippen molar-refractivity contribution in [1.82, 2.24) is 4.72 Å². The fourth-order valence-corrected chi connectivity index (χ4v) is 3.60. The highest BCUT2D eigenvalue weighted by Gasteiger charge is 2.20. The fourth-order valence-electron chi connectivity index (χ4n) is 2.42. The van der Waals surface area contributed by atoms with Gasteiger partial charge in [0.2, 0.25) is 10.0 Å². The molecule has 7 heteroatoms. The first kappa shape index (κ1) is 16.4. The number of rotatable bonds is 6. The molecule has 1 aliphatic rings. The van der Waals surface area contributed by atoms with Gasteiger partial charge in [-0.15, -0.1) is 0 Å². The van der Waals surface area contributed by atoms with E-state index < -0.39 is 15.8 Å². The Morgan fingerprint density at radius 3 is 2.86 bits per heavy atom. The maximum atomic E-state index is 13.7. The Morgan fingerprint density at radius 1 is 1.48 bits per heavy atom. The van der Waals surface area contributed by atoms with Crippen molar-refractivity contribution in [2.75, 3.05) is 13.2 Å². The maximum Gasteiger partial charge on any atom is 0.240 e. The molecule has 1 fully saturated rings. The van der Waals surface area contributed by atoms with Gasteiger partial charge in [0.25, 0.3) is 0 Å². The molecule has 1 saturated heterocycles. The minimum absolute atomic E-state index is 0.0358. The first-order valence-electron chi connectivity index (χ1n) is 7.04. The lowest BCUT2D eigenvalue weighted by atomic mass is 10.1. The van der Waals surface area contributed by atoms with Crippen LogP contribution >= 0.6 is 0 Å². The maximum absolute atomic E-state index is 13.7. The molecule has 0 aromatic heterocycles. The predicted octanol–water partition coefficient (Wildman–Crippen LogP) is 1.44. The van der Waals surface area contributed by atoms with Crippen molar-refractivity contribution in [3.05, 3.63) is 29.1 Å². The summed E-state index contributed by atoms with van der Waals surface area (Å²) in [4.78, 5) is 0.0502. The van der Waals surface area contributed by atoms with Crippen molar-refractivity contribution in [3.63, 3.8) is 0 Å². The van der Waals surface area contributed by atoms with E-state index in [1.54, 1.807) is 0 Å². The molecule has 5 nitrogen and oxygen atoms in total. The van der Waals surface area contributed by atoms with Gasteiger partial charge in [0, 0.05) is 25.3 Å². The van der Waals surface area contributed by atoms with Gasteiger partial charge in [-0.1, -0.05) is 0 Å². The number of benzene rings is 1. The zero-order chi connectivity index (χ0) is 15.5. The number of nitrogens with two attached hydrogens (primary N) is 1. The van der Waals surface area contributed by atoms with Crippen LogP contribution in [-0.4, -0.2) is 27.7 Å². The first-order valence-corrected chi connectivity index (χ1v) is 8.52. The minimum atomic E-state index is -3.65. The van der Waals surface area contributed by atoms with Crippen LogP contribution in [0.2, 0.25) is 0 Å². The van der Waals surface area contributed by atoms with Gasteiger partial charge in [-0.3, -0.25) is 0 Å². The third-order valence-electron chi connectivity index (χ3n) is 3.62. The molecule has 0 radical (unpaired) electrons. The molecule has 1 unspecified atom stereocenters. The molecule has 2 rings (SSSR count). The number of aryl methyl sites for hydroxylation is 1. The van der Waals surface area contributed by atoms with E-state index in [4.69, 9.17) is 10.5 Å². The van der Waals surface area contributed by atoms with Gasteiger partial charge in [0.1, 0.15) is 5.82 Å². The highest BCUT2D eigenvalue weighted by atomic mass is 32.2. The Labute approximate surface area is 124 Å². The molecular formula is C14H21FN2O3S. The molecule has 1 aliphatic heterocycles. The monoisotopic (exact) mass is 316 g/mol. The van der Waals surface area contributed by atoms with Crippen molar-refractivity contribution in [2.45, 2.75) is 43.7 Å². The first-order chi connectivity index (χ1) is 9.94. The van der Waals surface area contributed by atoms with Gasteiger partial charge in [-0.2, -0.15) is 0 Å². The molecule has 0 amide bonds. The van der Waals surface area contributed by atoms with Crippen molar-refractivity contribution >= 4 is 10.0 Å². The molecule has 0 spiro atoms. The molecule has 0 saturated carbocycles. The summed E-state index contributed by atoms with van der Waals surface area (Å²) in [7, 11) is -3.65. The fraction of sp³-hybridized carbons (Fsp3) is 0.571. The second-order valence-corrected chi connectivity index (χ2v) is 7.01. The highest BCUT2D eigenvalue weighted by Crippen LogP contribution is 2.19. The molecule has 1 aromatic rings. The zero-order valence-corrected chi connectivity index (χ0v) is 12.9. The topological polar surface area (TPSA) is 81.4 Å². The number of halogens is 1. The van der Waals surface area contributed by atoms with E-state index in [1.165, 1.54) is 19.1 Å². The molecular weight excluding hydrogens is 295 g/mol. The second-order valence-electron chi connectivity index (χ2n) is 5.24. The average Bonchev–Trinajstić information content (AvgIpc) is 2.94. The molecule has 1 atom stereocenters. The van der Waals surface area contributed by atoms with E-state index in [-0.39, 0.29) is 28.7 Å². The third kappa shape index (κ3) is 4.00. The summed E-state index contributed by atoms with van der Waals surface area (Å²) in [5.41, 5.74) is 5.92. The van der Waals surface area contributed by atoms with Gasteiger partial charge < -0.3 is 10.5 Å². The van der Waals surface area contributed by atoms with Crippen LogP contribution in [0.4, 0.5) is 4.39 Å². The van der Waals surface area contributed by atoms with E-state index in [9.17, 15) is 12.8 Å². The standard InChI is InChI=1S/C14H21FN2O3S/c1-10-7-13(8-11(9-16)14(10)15)21(18,19)17-5-4-12-3-2-6-20-12/h7-8,12,17H,2-6,9,16H2,1H3. The minimum Gasteiger partial charge on any atom is -0.378 e.